The zero-order valence-corrected chi connectivity index (χ0v) is 13.1. The maximum absolute atomic E-state index is 12.0. The Kier molecular flexibility index (Phi) is 3.89. The second-order valence-electron chi connectivity index (χ2n) is 6.31. The van der Waals surface area contributed by atoms with Crippen LogP contribution in [-0.2, 0) is 4.79 Å². The molecule has 2 N–H and O–H groups in total. The maximum atomic E-state index is 12.0. The minimum Gasteiger partial charge on any atom is -0.368 e. The van der Waals surface area contributed by atoms with E-state index in [1.807, 2.05) is 6.92 Å². The average molecular weight is 287 g/mol. The van der Waals surface area contributed by atoms with Gasteiger partial charge in [-0.25, -0.2) is 0 Å². The normalized spacial score (nSPS) is 28.4. The van der Waals surface area contributed by atoms with E-state index in [9.17, 15) is 4.79 Å². The van der Waals surface area contributed by atoms with Crippen LogP contribution in [0.25, 0.3) is 0 Å². The number of likely N-dealkylation sites (N-methyl/N-ethyl adjacent to an activating group) is 1. The van der Waals surface area contributed by atoms with E-state index >= 15 is 0 Å². The largest absolute Gasteiger partial charge is 0.368 e. The topological polar surface area (TPSA) is 44.4 Å². The summed E-state index contributed by atoms with van der Waals surface area (Å²) in [7, 11) is 0. The summed E-state index contributed by atoms with van der Waals surface area (Å²) in [4.78, 5) is 14.5. The number of nitrogens with zero attached hydrogens (tertiary/aromatic N) is 1. The second-order valence-corrected chi connectivity index (χ2v) is 6.31. The molecule has 2 aliphatic heterocycles. The molecule has 2 heterocycles. The third kappa shape index (κ3) is 2.53. The second kappa shape index (κ2) is 5.68. The molecular formula is C17H25N3O. The van der Waals surface area contributed by atoms with E-state index in [1.165, 1.54) is 18.5 Å². The number of nitrogens with one attached hydrogen (secondary N) is 2. The van der Waals surface area contributed by atoms with Crippen LogP contribution in [0.4, 0.5) is 11.4 Å². The number of fused-ring (bicyclic) bond motifs is 1. The fourth-order valence-electron chi connectivity index (χ4n) is 3.54. The predicted molar refractivity (Wildman–Crippen MR) is 86.7 cm³/mol. The first-order valence-electron chi connectivity index (χ1n) is 8.06. The van der Waals surface area contributed by atoms with Gasteiger partial charge in [-0.3, -0.25) is 4.79 Å². The van der Waals surface area contributed by atoms with Gasteiger partial charge in [0.1, 0.15) is 6.04 Å². The van der Waals surface area contributed by atoms with Crippen LogP contribution in [0.15, 0.2) is 18.2 Å². The van der Waals surface area contributed by atoms with Crippen molar-refractivity contribution < 1.29 is 4.79 Å². The number of rotatable bonds is 3. The smallest absolute Gasteiger partial charge is 0.246 e. The van der Waals surface area contributed by atoms with E-state index in [2.05, 4.69) is 47.6 Å². The van der Waals surface area contributed by atoms with Crippen molar-refractivity contribution >= 4 is 17.3 Å². The van der Waals surface area contributed by atoms with Gasteiger partial charge in [0.25, 0.3) is 0 Å². The minimum atomic E-state index is -0.197. The Morgan fingerprint density at radius 2 is 2.19 bits per heavy atom. The van der Waals surface area contributed by atoms with E-state index in [4.69, 9.17) is 0 Å². The van der Waals surface area contributed by atoms with Gasteiger partial charge in [-0.2, -0.15) is 0 Å². The van der Waals surface area contributed by atoms with Gasteiger partial charge in [0.15, 0.2) is 0 Å². The van der Waals surface area contributed by atoms with Gasteiger partial charge in [-0.1, -0.05) is 19.9 Å². The number of carbonyl (C=O) groups excluding carboxylic acids is 1. The van der Waals surface area contributed by atoms with Crippen LogP contribution in [0, 0.1) is 5.92 Å². The van der Waals surface area contributed by atoms with E-state index in [0.717, 1.165) is 30.3 Å². The number of hydrogen-bond acceptors (Lipinski definition) is 3. The molecule has 3 rings (SSSR count). The Morgan fingerprint density at radius 1 is 1.38 bits per heavy atom. The molecular weight excluding hydrogens is 262 g/mol. The lowest BCUT2D eigenvalue weighted by molar-refractivity contribution is -0.117. The molecule has 114 valence electrons. The standard InChI is InChI=1S/C17H25N3O/c1-4-18-16-14-8-7-13(10-15(14)19-17(16)21)20-9-5-6-11(2)12(20)3/h7-8,10-12,16,18H,4-6,9H2,1-3H3,(H,19,21). The van der Waals surface area contributed by atoms with Crippen molar-refractivity contribution in [3.63, 3.8) is 0 Å². The van der Waals surface area contributed by atoms with Crippen LogP contribution in [0.3, 0.4) is 0 Å². The summed E-state index contributed by atoms with van der Waals surface area (Å²) in [5.74, 6) is 0.778. The first-order valence-corrected chi connectivity index (χ1v) is 8.06. The van der Waals surface area contributed by atoms with Gasteiger partial charge >= 0.3 is 0 Å². The minimum absolute atomic E-state index is 0.0593. The average Bonchev–Trinajstić information content (AvgIpc) is 2.78. The SMILES string of the molecule is CCNC1C(=O)Nc2cc(N3CCCC(C)C3C)ccc21. The molecule has 0 saturated carbocycles. The zero-order chi connectivity index (χ0) is 15.0. The molecule has 0 aliphatic carbocycles. The van der Waals surface area contributed by atoms with E-state index in [0.29, 0.717) is 6.04 Å². The Balaban J connectivity index is 1.87. The van der Waals surface area contributed by atoms with Gasteiger partial charge in [0.2, 0.25) is 5.91 Å². The van der Waals surface area contributed by atoms with Crippen molar-refractivity contribution in [1.29, 1.82) is 0 Å². The highest BCUT2D eigenvalue weighted by Gasteiger charge is 2.31. The van der Waals surface area contributed by atoms with Crippen molar-refractivity contribution in [2.24, 2.45) is 5.92 Å². The number of carbonyl (C=O) groups is 1. The van der Waals surface area contributed by atoms with Crippen LogP contribution in [0.1, 0.15) is 45.2 Å². The number of anilines is 2. The first-order chi connectivity index (χ1) is 10.1. The quantitative estimate of drug-likeness (QED) is 0.898. The molecule has 3 atom stereocenters. The molecule has 0 spiro atoms. The van der Waals surface area contributed by atoms with Crippen LogP contribution in [-0.4, -0.2) is 25.0 Å². The van der Waals surface area contributed by atoms with Crippen molar-refractivity contribution in [3.8, 4) is 0 Å². The third-order valence-corrected chi connectivity index (χ3v) is 4.98. The maximum Gasteiger partial charge on any atom is 0.246 e. The summed E-state index contributed by atoms with van der Waals surface area (Å²) in [5.41, 5.74) is 3.27. The van der Waals surface area contributed by atoms with Crippen LogP contribution in [0.2, 0.25) is 0 Å². The summed E-state index contributed by atoms with van der Waals surface area (Å²) in [6.07, 6.45) is 2.55. The molecule has 1 fully saturated rings. The number of amides is 1. The lowest BCUT2D eigenvalue weighted by Gasteiger charge is -2.39. The predicted octanol–water partition coefficient (Wildman–Crippen LogP) is 2.91. The molecule has 0 radical (unpaired) electrons. The molecule has 21 heavy (non-hydrogen) atoms. The summed E-state index contributed by atoms with van der Waals surface area (Å²) in [6.45, 7) is 8.55. The molecule has 1 aromatic carbocycles. The number of benzene rings is 1. The Hall–Kier alpha value is -1.55. The van der Waals surface area contributed by atoms with Gasteiger partial charge in [-0.15, -0.1) is 0 Å². The molecule has 3 unspecified atom stereocenters. The molecule has 4 heteroatoms. The lowest BCUT2D eigenvalue weighted by atomic mass is 9.91. The van der Waals surface area contributed by atoms with E-state index < -0.39 is 0 Å². The molecule has 0 aromatic heterocycles. The third-order valence-electron chi connectivity index (χ3n) is 4.98. The fraction of sp³-hybridized carbons (Fsp3) is 0.588. The summed E-state index contributed by atoms with van der Waals surface area (Å²) in [5, 5.41) is 6.25. The van der Waals surface area contributed by atoms with Crippen LogP contribution < -0.4 is 15.5 Å². The first kappa shape index (κ1) is 14.4. The van der Waals surface area contributed by atoms with Gasteiger partial charge < -0.3 is 15.5 Å². The van der Waals surface area contributed by atoms with Crippen molar-refractivity contribution in [1.82, 2.24) is 5.32 Å². The van der Waals surface area contributed by atoms with E-state index in [1.54, 1.807) is 0 Å². The van der Waals surface area contributed by atoms with E-state index in [-0.39, 0.29) is 11.9 Å². The highest BCUT2D eigenvalue weighted by molar-refractivity contribution is 6.03. The Bertz CT molecular complexity index is 543. The molecule has 2 aliphatic rings. The number of hydrogen-bond donors (Lipinski definition) is 2. The van der Waals surface area contributed by atoms with Gasteiger partial charge in [0.05, 0.1) is 0 Å². The number of piperidine rings is 1. The fourth-order valence-corrected chi connectivity index (χ4v) is 3.54. The highest BCUT2D eigenvalue weighted by Crippen LogP contribution is 2.36. The molecule has 4 nitrogen and oxygen atoms in total. The molecule has 1 saturated heterocycles. The Labute approximate surface area is 126 Å². The molecule has 1 aromatic rings. The van der Waals surface area contributed by atoms with Gasteiger partial charge in [-0.05, 0) is 44.4 Å². The highest BCUT2D eigenvalue weighted by atomic mass is 16.2. The molecule has 0 bridgehead atoms. The summed E-state index contributed by atoms with van der Waals surface area (Å²) >= 11 is 0. The summed E-state index contributed by atoms with van der Waals surface area (Å²) < 4.78 is 0. The van der Waals surface area contributed by atoms with Crippen LogP contribution in [0.5, 0.6) is 0 Å². The van der Waals surface area contributed by atoms with Crippen molar-refractivity contribution in [2.75, 3.05) is 23.3 Å². The monoisotopic (exact) mass is 287 g/mol. The zero-order valence-electron chi connectivity index (χ0n) is 13.1. The Morgan fingerprint density at radius 3 is 2.95 bits per heavy atom. The van der Waals surface area contributed by atoms with Crippen molar-refractivity contribution in [3.05, 3.63) is 23.8 Å². The summed E-state index contributed by atoms with van der Waals surface area (Å²) in [6, 6.07) is 6.76. The lowest BCUT2D eigenvalue weighted by Crippen LogP contribution is -2.42. The van der Waals surface area contributed by atoms with Crippen molar-refractivity contribution in [2.45, 2.75) is 45.7 Å². The van der Waals surface area contributed by atoms with Gasteiger partial charge in [0, 0.05) is 29.5 Å². The van der Waals surface area contributed by atoms with Crippen LogP contribution >= 0.6 is 0 Å². The molecule has 1 amide bonds.